The van der Waals surface area contributed by atoms with Gasteiger partial charge in [0.05, 0.1) is 24.4 Å². The molecular weight excluding hydrogens is 481 g/mol. The maximum Gasteiger partial charge on any atom is 0.312 e. The highest BCUT2D eigenvalue weighted by Gasteiger charge is 2.48. The zero-order valence-corrected chi connectivity index (χ0v) is 26.6. The molecule has 33 heavy (non-hydrogen) atoms. The maximum atomic E-state index is 7.20. The van der Waals surface area contributed by atoms with Gasteiger partial charge in [-0.1, -0.05) is 12.8 Å². The van der Waals surface area contributed by atoms with Crippen LogP contribution in [0.5, 0.6) is 0 Å². The monoisotopic (exact) mass is 530 g/mol. The quantitative estimate of drug-likeness (QED) is 0.206. The van der Waals surface area contributed by atoms with Crippen molar-refractivity contribution in [1.29, 1.82) is 0 Å². The Morgan fingerprint density at radius 1 is 0.576 bits per heavy atom. The van der Waals surface area contributed by atoms with Crippen LogP contribution in [0.3, 0.4) is 0 Å². The minimum atomic E-state index is -2.29. The van der Waals surface area contributed by atoms with Crippen LogP contribution in [0.1, 0.15) is 51.4 Å². The molecule has 2 heterocycles. The summed E-state index contributed by atoms with van der Waals surface area (Å²) < 4.78 is 32.1. The molecule has 0 N–H and O–H groups in total. The largest absolute Gasteiger partial charge is 0.437 e. The second-order valence-electron chi connectivity index (χ2n) is 13.5. The number of fused-ring (bicyclic) bond motifs is 2. The van der Waals surface area contributed by atoms with E-state index in [4.69, 9.17) is 21.8 Å². The second-order valence-corrected chi connectivity index (χ2v) is 29.7. The van der Waals surface area contributed by atoms with Gasteiger partial charge < -0.3 is 21.8 Å². The Morgan fingerprint density at radius 2 is 1.03 bits per heavy atom. The molecule has 4 rings (SSSR count). The van der Waals surface area contributed by atoms with Crippen molar-refractivity contribution in [3.63, 3.8) is 0 Å². The van der Waals surface area contributed by atoms with E-state index in [1.165, 1.54) is 63.5 Å². The number of hydrogen-bond donors (Lipinski definition) is 0. The lowest BCUT2D eigenvalue weighted by Gasteiger charge is -2.42. The van der Waals surface area contributed by atoms with Crippen LogP contribution in [0.15, 0.2) is 0 Å². The molecule has 0 radical (unpaired) electrons. The van der Waals surface area contributed by atoms with Crippen LogP contribution in [-0.4, -0.2) is 58.2 Å². The molecule has 0 spiro atoms. The average molecular weight is 531 g/mol. The Kier molecular flexibility index (Phi) is 7.98. The SMILES string of the molecule is C[Si](C)(C)O[Si](C)(C)O[Si](C)(C)O[Si](C)(CCC1CCC2OC2C1)CCC1CCC2OC2C1. The van der Waals surface area contributed by atoms with Gasteiger partial charge in [0.1, 0.15) is 0 Å². The third-order valence-corrected chi connectivity index (χ3v) is 22.9. The molecular formula is C24H50O5Si4. The molecule has 9 heteroatoms. The van der Waals surface area contributed by atoms with E-state index in [9.17, 15) is 0 Å². The molecule has 2 aliphatic heterocycles. The summed E-state index contributed by atoms with van der Waals surface area (Å²) in [5.41, 5.74) is 0. The number of ether oxygens (including phenoxy) is 2. The molecule has 5 nitrogen and oxygen atoms in total. The van der Waals surface area contributed by atoms with Gasteiger partial charge in [-0.3, -0.25) is 0 Å². The van der Waals surface area contributed by atoms with Crippen molar-refractivity contribution in [1.82, 2.24) is 0 Å². The Balaban J connectivity index is 1.36. The number of rotatable bonds is 12. The van der Waals surface area contributed by atoms with E-state index < -0.39 is 33.8 Å². The smallest absolute Gasteiger partial charge is 0.312 e. The molecule has 2 saturated carbocycles. The van der Waals surface area contributed by atoms with Crippen LogP contribution < -0.4 is 0 Å². The van der Waals surface area contributed by atoms with E-state index in [2.05, 4.69) is 52.4 Å². The van der Waals surface area contributed by atoms with Gasteiger partial charge >= 0.3 is 17.1 Å². The first-order chi connectivity index (χ1) is 15.2. The summed E-state index contributed by atoms with van der Waals surface area (Å²) >= 11 is 0. The molecule has 2 saturated heterocycles. The van der Waals surface area contributed by atoms with Crippen molar-refractivity contribution < 1.29 is 21.8 Å². The summed E-state index contributed by atoms with van der Waals surface area (Å²) in [4.78, 5) is 0. The molecule has 6 unspecified atom stereocenters. The van der Waals surface area contributed by atoms with E-state index in [1.54, 1.807) is 0 Å². The van der Waals surface area contributed by atoms with E-state index in [0.29, 0.717) is 24.4 Å². The van der Waals surface area contributed by atoms with Crippen molar-refractivity contribution in [2.24, 2.45) is 11.8 Å². The van der Waals surface area contributed by atoms with Crippen LogP contribution in [0.4, 0.5) is 0 Å². The zero-order valence-electron chi connectivity index (χ0n) is 22.6. The highest BCUT2D eigenvalue weighted by atomic mass is 28.5. The van der Waals surface area contributed by atoms with E-state index in [-0.39, 0.29) is 0 Å². The summed E-state index contributed by atoms with van der Waals surface area (Å²) in [6.45, 7) is 18.3. The minimum Gasteiger partial charge on any atom is -0.437 e. The molecule has 0 bridgehead atoms. The number of epoxide rings is 2. The molecule has 0 aromatic carbocycles. The molecule has 4 aliphatic rings. The van der Waals surface area contributed by atoms with Gasteiger partial charge in [0, 0.05) is 0 Å². The Hall–Kier alpha value is 0.668. The Labute approximate surface area is 207 Å². The topological polar surface area (TPSA) is 52.8 Å². The normalized spacial score (nSPS) is 36.0. The van der Waals surface area contributed by atoms with Gasteiger partial charge in [-0.2, -0.15) is 0 Å². The first-order valence-corrected chi connectivity index (χ1v) is 25.5. The first-order valence-electron chi connectivity index (χ1n) is 13.6. The van der Waals surface area contributed by atoms with Crippen molar-refractivity contribution in [2.45, 2.75) is 140 Å². The summed E-state index contributed by atoms with van der Waals surface area (Å²) in [6, 6.07) is 2.53. The molecule has 0 amide bonds. The zero-order chi connectivity index (χ0) is 24.1. The number of hydrogen-bond acceptors (Lipinski definition) is 5. The van der Waals surface area contributed by atoms with Crippen molar-refractivity contribution in [3.05, 3.63) is 0 Å². The lowest BCUT2D eigenvalue weighted by Crippen LogP contribution is -2.56. The summed E-state index contributed by atoms with van der Waals surface area (Å²) in [7, 11) is -8.03. The summed E-state index contributed by atoms with van der Waals surface area (Å²) in [6.07, 6.45) is 12.8. The predicted molar refractivity (Wildman–Crippen MR) is 144 cm³/mol. The van der Waals surface area contributed by atoms with Crippen molar-refractivity contribution in [3.8, 4) is 0 Å². The lowest BCUT2D eigenvalue weighted by molar-refractivity contribution is 0.317. The Morgan fingerprint density at radius 3 is 1.45 bits per heavy atom. The highest BCUT2D eigenvalue weighted by Crippen LogP contribution is 2.44. The fourth-order valence-electron chi connectivity index (χ4n) is 6.71. The van der Waals surface area contributed by atoms with Gasteiger partial charge in [0.2, 0.25) is 0 Å². The molecule has 4 fully saturated rings. The van der Waals surface area contributed by atoms with Gasteiger partial charge in [-0.15, -0.1) is 0 Å². The third kappa shape index (κ3) is 8.35. The summed E-state index contributed by atoms with van der Waals surface area (Å²) in [5, 5.41) is 0. The fourth-order valence-corrected chi connectivity index (χ4v) is 26.3. The standard InChI is InChI=1S/C24H50O5Si4/c1-30(2,3)27-31(4,5)28-32(6,7)29-33(8,15-13-19-9-11-21-23(17-19)25-21)16-14-20-10-12-22-24(18-20)26-22/h19-24H,9-18H2,1-8H3. The highest BCUT2D eigenvalue weighted by molar-refractivity contribution is 6.89. The van der Waals surface area contributed by atoms with Gasteiger partial charge in [-0.25, -0.2) is 0 Å². The van der Waals surface area contributed by atoms with E-state index in [1.807, 2.05) is 0 Å². The Bertz CT molecular complexity index is 650. The van der Waals surface area contributed by atoms with Gasteiger partial charge in [0.25, 0.3) is 0 Å². The van der Waals surface area contributed by atoms with Crippen LogP contribution in [0.2, 0.25) is 64.5 Å². The molecule has 2 aliphatic carbocycles. The molecule has 192 valence electrons. The van der Waals surface area contributed by atoms with E-state index >= 15 is 0 Å². The first kappa shape index (κ1) is 26.7. The van der Waals surface area contributed by atoms with Crippen LogP contribution in [-0.2, 0) is 21.8 Å². The average Bonchev–Trinajstić information content (AvgIpc) is 3.54. The molecule has 0 aromatic heterocycles. The van der Waals surface area contributed by atoms with Crippen molar-refractivity contribution in [2.75, 3.05) is 0 Å². The van der Waals surface area contributed by atoms with E-state index in [0.717, 1.165) is 11.8 Å². The van der Waals surface area contributed by atoms with Crippen LogP contribution >= 0.6 is 0 Å². The maximum absolute atomic E-state index is 7.20. The van der Waals surface area contributed by atoms with Gasteiger partial charge in [-0.05, 0) is 115 Å². The minimum absolute atomic E-state index is 0.575. The van der Waals surface area contributed by atoms with Crippen LogP contribution in [0.25, 0.3) is 0 Å². The predicted octanol–water partition coefficient (Wildman–Crippen LogP) is 6.77. The third-order valence-electron chi connectivity index (χ3n) is 7.92. The summed E-state index contributed by atoms with van der Waals surface area (Å²) in [5.74, 6) is 1.65. The van der Waals surface area contributed by atoms with Crippen molar-refractivity contribution >= 4 is 33.8 Å². The van der Waals surface area contributed by atoms with Crippen LogP contribution in [0, 0.1) is 11.8 Å². The fraction of sp³-hybridized carbons (Fsp3) is 1.00. The van der Waals surface area contributed by atoms with Gasteiger partial charge in [0.15, 0.2) is 16.6 Å². The lowest BCUT2D eigenvalue weighted by atomic mass is 9.87. The molecule has 6 atom stereocenters. The second kappa shape index (κ2) is 9.85. The molecule has 0 aromatic rings.